The van der Waals surface area contributed by atoms with E-state index in [0.717, 1.165) is 26.1 Å². The molecule has 20 heavy (non-hydrogen) atoms. The number of nitrogens with zero attached hydrogens (tertiary/aromatic N) is 1. The standard InChI is InChI=1S/C16H21NO3/c18-8-4-7-16-12-17(9-13-5-2-1-3-6-13)10-14(16)11-20-15(16)19/h1-3,5-6,14,18H,4,7-12H2. The molecule has 2 fully saturated rings. The van der Waals surface area contributed by atoms with Crippen molar-refractivity contribution in [2.75, 3.05) is 26.3 Å². The lowest BCUT2D eigenvalue weighted by molar-refractivity contribution is -0.147. The van der Waals surface area contributed by atoms with Crippen LogP contribution >= 0.6 is 0 Å². The van der Waals surface area contributed by atoms with E-state index < -0.39 is 0 Å². The zero-order valence-electron chi connectivity index (χ0n) is 11.6. The number of fused-ring (bicyclic) bond motifs is 1. The predicted octanol–water partition coefficient (Wildman–Crippen LogP) is 1.43. The summed E-state index contributed by atoms with van der Waals surface area (Å²) in [4.78, 5) is 14.5. The number of carbonyl (C=O) groups is 1. The van der Waals surface area contributed by atoms with Gasteiger partial charge in [0.05, 0.1) is 12.0 Å². The molecule has 0 saturated carbocycles. The zero-order valence-corrected chi connectivity index (χ0v) is 11.6. The van der Waals surface area contributed by atoms with Crippen LogP contribution in [0.15, 0.2) is 30.3 Å². The van der Waals surface area contributed by atoms with Crippen molar-refractivity contribution in [3.05, 3.63) is 35.9 Å². The number of hydrogen-bond donors (Lipinski definition) is 1. The Bertz CT molecular complexity index is 476. The summed E-state index contributed by atoms with van der Waals surface area (Å²) in [5, 5.41) is 9.06. The number of aliphatic hydroxyl groups excluding tert-OH is 1. The molecule has 3 rings (SSSR count). The summed E-state index contributed by atoms with van der Waals surface area (Å²) in [5.74, 6) is 0.219. The largest absolute Gasteiger partial charge is 0.465 e. The highest BCUT2D eigenvalue weighted by molar-refractivity contribution is 5.80. The molecule has 0 radical (unpaired) electrons. The smallest absolute Gasteiger partial charge is 0.313 e. The Morgan fingerprint density at radius 1 is 1.35 bits per heavy atom. The van der Waals surface area contributed by atoms with Gasteiger partial charge in [-0.15, -0.1) is 0 Å². The number of esters is 1. The summed E-state index contributed by atoms with van der Waals surface area (Å²) in [6.07, 6.45) is 1.41. The van der Waals surface area contributed by atoms with Crippen LogP contribution in [0, 0.1) is 11.3 Å². The fourth-order valence-electron chi connectivity index (χ4n) is 3.58. The van der Waals surface area contributed by atoms with Gasteiger partial charge in [0.2, 0.25) is 0 Å². The summed E-state index contributed by atoms with van der Waals surface area (Å²) < 4.78 is 5.27. The average Bonchev–Trinajstić information content (AvgIpc) is 2.95. The molecule has 1 N–H and O–H groups in total. The van der Waals surface area contributed by atoms with Crippen LogP contribution in [0.25, 0.3) is 0 Å². The molecule has 2 unspecified atom stereocenters. The number of likely N-dealkylation sites (tertiary alicyclic amines) is 1. The second-order valence-electron chi connectivity index (χ2n) is 5.93. The maximum Gasteiger partial charge on any atom is 0.313 e. The molecule has 0 amide bonds. The number of cyclic esters (lactones) is 1. The lowest BCUT2D eigenvalue weighted by atomic mass is 9.77. The minimum Gasteiger partial charge on any atom is -0.465 e. The molecular weight excluding hydrogens is 254 g/mol. The molecule has 0 aliphatic carbocycles. The van der Waals surface area contributed by atoms with Crippen molar-refractivity contribution < 1.29 is 14.6 Å². The predicted molar refractivity (Wildman–Crippen MR) is 74.9 cm³/mol. The zero-order chi connectivity index (χ0) is 14.0. The maximum atomic E-state index is 12.2. The maximum absolute atomic E-state index is 12.2. The van der Waals surface area contributed by atoms with E-state index in [4.69, 9.17) is 9.84 Å². The Balaban J connectivity index is 1.71. The summed E-state index contributed by atoms with van der Waals surface area (Å²) >= 11 is 0. The van der Waals surface area contributed by atoms with Crippen molar-refractivity contribution in [3.8, 4) is 0 Å². The van der Waals surface area contributed by atoms with Crippen molar-refractivity contribution in [1.29, 1.82) is 0 Å². The lowest BCUT2D eigenvalue weighted by Crippen LogP contribution is -2.35. The van der Waals surface area contributed by atoms with Crippen molar-refractivity contribution in [3.63, 3.8) is 0 Å². The van der Waals surface area contributed by atoms with Crippen LogP contribution in [-0.4, -0.2) is 42.3 Å². The summed E-state index contributed by atoms with van der Waals surface area (Å²) in [7, 11) is 0. The van der Waals surface area contributed by atoms with E-state index in [-0.39, 0.29) is 23.9 Å². The number of rotatable bonds is 5. The first-order valence-corrected chi connectivity index (χ1v) is 7.29. The quantitative estimate of drug-likeness (QED) is 0.826. The van der Waals surface area contributed by atoms with E-state index in [9.17, 15) is 4.79 Å². The molecule has 1 aromatic carbocycles. The van der Waals surface area contributed by atoms with Gasteiger partial charge in [0, 0.05) is 32.2 Å². The Morgan fingerprint density at radius 2 is 2.15 bits per heavy atom. The SMILES string of the molecule is O=C1OCC2CN(Cc3ccccc3)CC12CCCO. The lowest BCUT2D eigenvalue weighted by Gasteiger charge is -2.24. The Morgan fingerprint density at radius 3 is 2.90 bits per heavy atom. The number of carbonyl (C=O) groups excluding carboxylic acids is 1. The Labute approximate surface area is 119 Å². The van der Waals surface area contributed by atoms with Gasteiger partial charge in [-0.05, 0) is 18.4 Å². The van der Waals surface area contributed by atoms with Gasteiger partial charge in [-0.2, -0.15) is 0 Å². The molecule has 2 aliphatic rings. The Kier molecular flexibility index (Phi) is 3.76. The van der Waals surface area contributed by atoms with Gasteiger partial charge in [-0.25, -0.2) is 0 Å². The Hall–Kier alpha value is -1.39. The molecule has 2 atom stereocenters. The third-order valence-corrected chi connectivity index (χ3v) is 4.62. The average molecular weight is 275 g/mol. The molecule has 2 heterocycles. The van der Waals surface area contributed by atoms with Crippen LogP contribution in [0.3, 0.4) is 0 Å². The molecule has 0 aromatic heterocycles. The van der Waals surface area contributed by atoms with Crippen LogP contribution in [0.2, 0.25) is 0 Å². The fraction of sp³-hybridized carbons (Fsp3) is 0.562. The highest BCUT2D eigenvalue weighted by Gasteiger charge is 2.56. The first-order chi connectivity index (χ1) is 9.74. The number of ether oxygens (including phenoxy) is 1. The van der Waals surface area contributed by atoms with Crippen LogP contribution in [-0.2, 0) is 16.1 Å². The van der Waals surface area contributed by atoms with E-state index in [2.05, 4.69) is 17.0 Å². The first-order valence-electron chi connectivity index (χ1n) is 7.29. The molecule has 108 valence electrons. The molecule has 2 saturated heterocycles. The molecule has 0 spiro atoms. The van der Waals surface area contributed by atoms with Crippen LogP contribution in [0.5, 0.6) is 0 Å². The van der Waals surface area contributed by atoms with Gasteiger partial charge in [-0.3, -0.25) is 9.69 Å². The third kappa shape index (κ3) is 2.34. The van der Waals surface area contributed by atoms with E-state index in [1.54, 1.807) is 0 Å². The number of hydrogen-bond acceptors (Lipinski definition) is 4. The van der Waals surface area contributed by atoms with Crippen LogP contribution < -0.4 is 0 Å². The first kappa shape index (κ1) is 13.6. The van der Waals surface area contributed by atoms with Crippen molar-refractivity contribution >= 4 is 5.97 Å². The van der Waals surface area contributed by atoms with E-state index in [0.29, 0.717) is 13.0 Å². The monoisotopic (exact) mass is 275 g/mol. The molecule has 2 aliphatic heterocycles. The topological polar surface area (TPSA) is 49.8 Å². The second-order valence-corrected chi connectivity index (χ2v) is 5.93. The highest BCUT2D eigenvalue weighted by atomic mass is 16.5. The van der Waals surface area contributed by atoms with E-state index >= 15 is 0 Å². The van der Waals surface area contributed by atoms with Gasteiger partial charge < -0.3 is 9.84 Å². The number of aliphatic hydroxyl groups is 1. The minimum atomic E-state index is -0.377. The van der Waals surface area contributed by atoms with Crippen molar-refractivity contribution in [2.45, 2.75) is 19.4 Å². The second kappa shape index (κ2) is 5.54. The third-order valence-electron chi connectivity index (χ3n) is 4.62. The fourth-order valence-corrected chi connectivity index (χ4v) is 3.58. The molecule has 4 nitrogen and oxygen atoms in total. The summed E-state index contributed by atoms with van der Waals surface area (Å²) in [6, 6.07) is 10.3. The van der Waals surface area contributed by atoms with E-state index in [1.807, 2.05) is 18.2 Å². The molecule has 1 aromatic rings. The van der Waals surface area contributed by atoms with Crippen LogP contribution in [0.4, 0.5) is 0 Å². The number of benzene rings is 1. The van der Waals surface area contributed by atoms with Gasteiger partial charge in [0.1, 0.15) is 0 Å². The van der Waals surface area contributed by atoms with Crippen molar-refractivity contribution in [2.24, 2.45) is 11.3 Å². The van der Waals surface area contributed by atoms with Gasteiger partial charge in [0.15, 0.2) is 0 Å². The van der Waals surface area contributed by atoms with Crippen LogP contribution in [0.1, 0.15) is 18.4 Å². The summed E-state index contributed by atoms with van der Waals surface area (Å²) in [5.41, 5.74) is 0.899. The van der Waals surface area contributed by atoms with Gasteiger partial charge in [0.25, 0.3) is 0 Å². The minimum absolute atomic E-state index is 0.0634. The summed E-state index contributed by atoms with van der Waals surface area (Å²) in [6.45, 7) is 3.22. The van der Waals surface area contributed by atoms with E-state index in [1.165, 1.54) is 5.56 Å². The van der Waals surface area contributed by atoms with Gasteiger partial charge >= 0.3 is 5.97 Å². The highest BCUT2D eigenvalue weighted by Crippen LogP contribution is 2.46. The molecule has 0 bridgehead atoms. The van der Waals surface area contributed by atoms with Crippen molar-refractivity contribution in [1.82, 2.24) is 4.90 Å². The van der Waals surface area contributed by atoms with Gasteiger partial charge in [-0.1, -0.05) is 30.3 Å². The normalized spacial score (nSPS) is 29.4. The molecular formula is C16H21NO3. The molecule has 4 heteroatoms.